The Hall–Kier alpha value is -1.92. The maximum Gasteiger partial charge on any atom is 0.119 e. The molecule has 1 N–H and O–H groups in total. The van der Waals surface area contributed by atoms with E-state index >= 15 is 0 Å². The van der Waals surface area contributed by atoms with Crippen LogP contribution >= 0.6 is 0 Å². The molecule has 0 bridgehead atoms. The van der Waals surface area contributed by atoms with Crippen molar-refractivity contribution in [2.75, 3.05) is 40.5 Å². The van der Waals surface area contributed by atoms with Crippen LogP contribution in [0.25, 0.3) is 0 Å². The van der Waals surface area contributed by atoms with E-state index in [0.717, 1.165) is 30.0 Å². The van der Waals surface area contributed by atoms with Gasteiger partial charge in [0.25, 0.3) is 0 Å². The molecule has 0 aliphatic carbocycles. The molecule has 2 aromatic carbocycles. The van der Waals surface area contributed by atoms with Crippen molar-refractivity contribution >= 4 is 0 Å². The van der Waals surface area contributed by atoms with Gasteiger partial charge in [-0.25, -0.2) is 0 Å². The summed E-state index contributed by atoms with van der Waals surface area (Å²) in [5.41, 5.74) is 2.24. The molecule has 1 atom stereocenters. The first kappa shape index (κ1) is 20.4. The highest BCUT2D eigenvalue weighted by Gasteiger charge is 2.13. The van der Waals surface area contributed by atoms with E-state index in [1.807, 2.05) is 48.5 Å². The molecule has 1 unspecified atom stereocenters. The summed E-state index contributed by atoms with van der Waals surface area (Å²) in [7, 11) is 3.35. The smallest absolute Gasteiger partial charge is 0.119 e. The molecule has 0 radical (unpaired) electrons. The molecule has 142 valence electrons. The first-order valence-electron chi connectivity index (χ1n) is 8.85. The summed E-state index contributed by atoms with van der Waals surface area (Å²) in [5, 5.41) is 10.3. The third-order valence-electron chi connectivity index (χ3n) is 4.04. The fourth-order valence-electron chi connectivity index (χ4n) is 2.72. The molecule has 0 heterocycles. The maximum atomic E-state index is 10.3. The summed E-state index contributed by atoms with van der Waals surface area (Å²) in [4.78, 5) is 2.16. The van der Waals surface area contributed by atoms with Crippen molar-refractivity contribution < 1.29 is 19.3 Å². The van der Waals surface area contributed by atoms with E-state index in [4.69, 9.17) is 14.2 Å². The monoisotopic (exact) mass is 359 g/mol. The highest BCUT2D eigenvalue weighted by atomic mass is 16.5. The molecule has 5 heteroatoms. The Morgan fingerprint density at radius 2 is 1.77 bits per heavy atom. The van der Waals surface area contributed by atoms with Crippen molar-refractivity contribution in [3.63, 3.8) is 0 Å². The zero-order valence-corrected chi connectivity index (χ0v) is 15.6. The second-order valence-corrected chi connectivity index (χ2v) is 6.23. The van der Waals surface area contributed by atoms with Gasteiger partial charge in [0, 0.05) is 26.7 Å². The van der Waals surface area contributed by atoms with E-state index in [9.17, 15) is 5.11 Å². The molecule has 0 saturated heterocycles. The summed E-state index contributed by atoms with van der Waals surface area (Å²) >= 11 is 0. The molecule has 0 fully saturated rings. The highest BCUT2D eigenvalue weighted by Crippen LogP contribution is 2.14. The average Bonchev–Trinajstić information content (AvgIpc) is 2.67. The third-order valence-corrected chi connectivity index (χ3v) is 4.04. The van der Waals surface area contributed by atoms with Gasteiger partial charge < -0.3 is 19.3 Å². The predicted molar refractivity (Wildman–Crippen MR) is 102 cm³/mol. The van der Waals surface area contributed by atoms with Gasteiger partial charge in [-0.15, -0.1) is 0 Å². The van der Waals surface area contributed by atoms with Gasteiger partial charge in [0.2, 0.25) is 0 Å². The molecule has 0 aromatic heterocycles. The number of ether oxygens (including phenoxy) is 3. The lowest BCUT2D eigenvalue weighted by molar-refractivity contribution is 0.00479. The normalized spacial score (nSPS) is 12.3. The van der Waals surface area contributed by atoms with E-state index < -0.39 is 6.10 Å². The first-order valence-corrected chi connectivity index (χ1v) is 8.85. The van der Waals surface area contributed by atoms with Gasteiger partial charge in [-0.3, -0.25) is 4.90 Å². The van der Waals surface area contributed by atoms with E-state index in [1.165, 1.54) is 0 Å². The van der Waals surface area contributed by atoms with Crippen molar-refractivity contribution in [2.45, 2.75) is 19.3 Å². The fraction of sp³-hybridized carbons (Fsp3) is 0.429. The molecule has 0 amide bonds. The Balaban J connectivity index is 1.83. The van der Waals surface area contributed by atoms with Crippen LogP contribution in [0.3, 0.4) is 0 Å². The quantitative estimate of drug-likeness (QED) is 0.631. The lowest BCUT2D eigenvalue weighted by atomic mass is 10.2. The van der Waals surface area contributed by atoms with Crippen molar-refractivity contribution in [3.05, 3.63) is 65.7 Å². The van der Waals surface area contributed by atoms with Crippen LogP contribution in [-0.4, -0.2) is 56.6 Å². The number of nitrogens with zero attached hydrogens (tertiary/aromatic N) is 1. The van der Waals surface area contributed by atoms with Crippen molar-refractivity contribution in [1.82, 2.24) is 4.90 Å². The number of methoxy groups -OCH3 is 2. The van der Waals surface area contributed by atoms with Crippen LogP contribution in [0.15, 0.2) is 54.6 Å². The number of benzene rings is 2. The molecule has 0 spiro atoms. The number of hydrogen-bond acceptors (Lipinski definition) is 5. The Morgan fingerprint density at radius 3 is 2.50 bits per heavy atom. The van der Waals surface area contributed by atoms with Gasteiger partial charge in [-0.2, -0.15) is 0 Å². The van der Waals surface area contributed by atoms with E-state index in [-0.39, 0.29) is 0 Å². The molecule has 0 saturated carbocycles. The fourth-order valence-corrected chi connectivity index (χ4v) is 2.72. The number of hydrogen-bond donors (Lipinski definition) is 1. The first-order chi connectivity index (χ1) is 12.7. The zero-order chi connectivity index (χ0) is 18.6. The van der Waals surface area contributed by atoms with Gasteiger partial charge in [0.05, 0.1) is 33.0 Å². The SMILES string of the molecule is COCCN(Cc1cccc(OC)c1)CC(O)COCc1ccccc1. The number of aliphatic hydroxyl groups is 1. The molecule has 26 heavy (non-hydrogen) atoms. The largest absolute Gasteiger partial charge is 0.497 e. The second-order valence-electron chi connectivity index (χ2n) is 6.23. The van der Waals surface area contributed by atoms with Gasteiger partial charge in [-0.1, -0.05) is 42.5 Å². The summed E-state index contributed by atoms with van der Waals surface area (Å²) in [6, 6.07) is 17.9. The van der Waals surface area contributed by atoms with Crippen molar-refractivity contribution in [3.8, 4) is 5.75 Å². The minimum Gasteiger partial charge on any atom is -0.497 e. The molecule has 0 aliphatic rings. The maximum absolute atomic E-state index is 10.3. The van der Waals surface area contributed by atoms with Crippen LogP contribution in [0, 0.1) is 0 Å². The molecule has 5 nitrogen and oxygen atoms in total. The summed E-state index contributed by atoms with van der Waals surface area (Å²) < 4.78 is 16.1. The Bertz CT molecular complexity index is 620. The Morgan fingerprint density at radius 1 is 1.00 bits per heavy atom. The van der Waals surface area contributed by atoms with Gasteiger partial charge in [-0.05, 0) is 23.3 Å². The third kappa shape index (κ3) is 7.54. The summed E-state index contributed by atoms with van der Waals surface area (Å²) in [6.07, 6.45) is -0.554. The standard InChI is InChI=1S/C21H29NO4/c1-24-12-11-22(14-19-9-6-10-21(13-19)25-2)15-20(23)17-26-16-18-7-4-3-5-8-18/h3-10,13,20,23H,11-12,14-17H2,1-2H3. The van der Waals surface area contributed by atoms with E-state index in [1.54, 1.807) is 14.2 Å². The highest BCUT2D eigenvalue weighted by molar-refractivity contribution is 5.28. The Kier molecular flexibility index (Phi) is 9.14. The molecular weight excluding hydrogens is 330 g/mol. The summed E-state index contributed by atoms with van der Waals surface area (Å²) in [5.74, 6) is 0.834. The molecule has 0 aliphatic heterocycles. The number of aliphatic hydroxyl groups excluding tert-OH is 1. The van der Waals surface area contributed by atoms with Crippen LogP contribution in [0.4, 0.5) is 0 Å². The topological polar surface area (TPSA) is 51.2 Å². The average molecular weight is 359 g/mol. The van der Waals surface area contributed by atoms with Crippen molar-refractivity contribution in [2.24, 2.45) is 0 Å². The van der Waals surface area contributed by atoms with E-state index in [0.29, 0.717) is 26.4 Å². The van der Waals surface area contributed by atoms with Gasteiger partial charge >= 0.3 is 0 Å². The van der Waals surface area contributed by atoms with Crippen LogP contribution in [0.1, 0.15) is 11.1 Å². The minimum absolute atomic E-state index is 0.302. The number of rotatable bonds is 12. The second kappa shape index (κ2) is 11.6. The van der Waals surface area contributed by atoms with E-state index in [2.05, 4.69) is 11.0 Å². The molecule has 2 aromatic rings. The zero-order valence-electron chi connectivity index (χ0n) is 15.6. The van der Waals surface area contributed by atoms with Crippen molar-refractivity contribution in [1.29, 1.82) is 0 Å². The van der Waals surface area contributed by atoms with Crippen LogP contribution < -0.4 is 4.74 Å². The Labute approximate surface area is 156 Å². The van der Waals surface area contributed by atoms with Gasteiger partial charge in [0.15, 0.2) is 0 Å². The predicted octanol–water partition coefficient (Wildman–Crippen LogP) is 2.72. The molecule has 2 rings (SSSR count). The lowest BCUT2D eigenvalue weighted by Gasteiger charge is -2.25. The van der Waals surface area contributed by atoms with Crippen LogP contribution in [0.2, 0.25) is 0 Å². The van der Waals surface area contributed by atoms with Crippen LogP contribution in [0.5, 0.6) is 5.75 Å². The lowest BCUT2D eigenvalue weighted by Crippen LogP contribution is -2.36. The summed E-state index contributed by atoms with van der Waals surface area (Å²) in [6.45, 7) is 3.40. The van der Waals surface area contributed by atoms with Gasteiger partial charge in [0.1, 0.15) is 5.75 Å². The van der Waals surface area contributed by atoms with Crippen LogP contribution in [-0.2, 0) is 22.6 Å². The minimum atomic E-state index is -0.554. The molecular formula is C21H29NO4.